The first kappa shape index (κ1) is 16.8. The maximum atomic E-state index is 11.7. The highest BCUT2D eigenvalue weighted by atomic mass is 16.5. The van der Waals surface area contributed by atoms with Gasteiger partial charge in [0.1, 0.15) is 0 Å². The molecule has 0 saturated heterocycles. The van der Waals surface area contributed by atoms with Gasteiger partial charge in [0.05, 0.1) is 20.3 Å². The lowest BCUT2D eigenvalue weighted by Gasteiger charge is -2.10. The Morgan fingerprint density at radius 1 is 1.00 bits per heavy atom. The summed E-state index contributed by atoms with van der Waals surface area (Å²) in [6.45, 7) is 1.38. The van der Waals surface area contributed by atoms with Crippen LogP contribution in [0.5, 0.6) is 11.5 Å². The lowest BCUT2D eigenvalue weighted by Crippen LogP contribution is -2.31. The SMILES string of the molecule is COc1ccccc1OCC(=O)NCCOCc1ccccc1. The number of hydrogen-bond donors (Lipinski definition) is 1. The van der Waals surface area contributed by atoms with Crippen LogP contribution in [0.1, 0.15) is 5.56 Å². The second kappa shape index (κ2) is 9.48. The third-order valence-corrected chi connectivity index (χ3v) is 3.11. The predicted octanol–water partition coefficient (Wildman–Crippen LogP) is 2.41. The summed E-state index contributed by atoms with van der Waals surface area (Å²) in [5.74, 6) is 0.955. The number of carbonyl (C=O) groups is 1. The summed E-state index contributed by atoms with van der Waals surface area (Å²) in [5, 5.41) is 2.75. The minimum atomic E-state index is -0.195. The second-order valence-corrected chi connectivity index (χ2v) is 4.83. The zero-order chi connectivity index (χ0) is 16.3. The van der Waals surface area contributed by atoms with Crippen LogP contribution in [0.4, 0.5) is 0 Å². The van der Waals surface area contributed by atoms with Gasteiger partial charge in [0.15, 0.2) is 18.1 Å². The summed E-state index contributed by atoms with van der Waals surface area (Å²) in [5.41, 5.74) is 1.11. The van der Waals surface area contributed by atoms with Gasteiger partial charge in [-0.05, 0) is 17.7 Å². The minimum Gasteiger partial charge on any atom is -0.493 e. The molecule has 1 amide bonds. The average Bonchev–Trinajstić information content (AvgIpc) is 2.60. The van der Waals surface area contributed by atoms with Crippen LogP contribution in [0, 0.1) is 0 Å². The van der Waals surface area contributed by atoms with E-state index in [9.17, 15) is 4.79 Å². The fourth-order valence-corrected chi connectivity index (χ4v) is 1.96. The van der Waals surface area contributed by atoms with Crippen molar-refractivity contribution in [2.75, 3.05) is 26.9 Å². The highest BCUT2D eigenvalue weighted by molar-refractivity contribution is 5.77. The number of para-hydroxylation sites is 2. The highest BCUT2D eigenvalue weighted by Crippen LogP contribution is 2.25. The number of ether oxygens (including phenoxy) is 3. The lowest BCUT2D eigenvalue weighted by atomic mass is 10.2. The summed E-state index contributed by atoms with van der Waals surface area (Å²) < 4.78 is 16.1. The van der Waals surface area contributed by atoms with Gasteiger partial charge in [-0.25, -0.2) is 0 Å². The van der Waals surface area contributed by atoms with Gasteiger partial charge in [0.25, 0.3) is 5.91 Å². The third kappa shape index (κ3) is 6.00. The molecule has 0 unspecified atom stereocenters. The van der Waals surface area contributed by atoms with Gasteiger partial charge in [-0.2, -0.15) is 0 Å². The zero-order valence-corrected chi connectivity index (χ0v) is 13.2. The van der Waals surface area contributed by atoms with Gasteiger partial charge < -0.3 is 19.5 Å². The van der Waals surface area contributed by atoms with Crippen molar-refractivity contribution in [1.82, 2.24) is 5.32 Å². The van der Waals surface area contributed by atoms with Crippen LogP contribution in [0.15, 0.2) is 54.6 Å². The molecular weight excluding hydrogens is 294 g/mol. The van der Waals surface area contributed by atoms with E-state index in [1.54, 1.807) is 19.2 Å². The highest BCUT2D eigenvalue weighted by Gasteiger charge is 2.06. The van der Waals surface area contributed by atoms with E-state index in [1.165, 1.54) is 0 Å². The number of benzene rings is 2. The van der Waals surface area contributed by atoms with Crippen molar-refractivity contribution in [3.05, 3.63) is 60.2 Å². The Kier molecular flexibility index (Phi) is 6.94. The molecule has 5 heteroatoms. The van der Waals surface area contributed by atoms with E-state index in [1.807, 2.05) is 42.5 Å². The maximum absolute atomic E-state index is 11.7. The molecule has 0 heterocycles. The molecule has 0 aliphatic heterocycles. The summed E-state index contributed by atoms with van der Waals surface area (Å²) in [6, 6.07) is 17.1. The zero-order valence-electron chi connectivity index (χ0n) is 13.2. The molecule has 2 aromatic rings. The van der Waals surface area contributed by atoms with Gasteiger partial charge in [-0.3, -0.25) is 4.79 Å². The van der Waals surface area contributed by atoms with E-state index in [0.717, 1.165) is 5.56 Å². The second-order valence-electron chi connectivity index (χ2n) is 4.83. The molecule has 122 valence electrons. The number of methoxy groups -OCH3 is 1. The average molecular weight is 315 g/mol. The number of rotatable bonds is 9. The smallest absolute Gasteiger partial charge is 0.258 e. The van der Waals surface area contributed by atoms with Crippen molar-refractivity contribution in [2.45, 2.75) is 6.61 Å². The molecule has 0 atom stereocenters. The molecule has 2 aromatic carbocycles. The Bertz CT molecular complexity index is 601. The lowest BCUT2D eigenvalue weighted by molar-refractivity contribution is -0.123. The Hall–Kier alpha value is -2.53. The normalized spacial score (nSPS) is 10.1. The number of amides is 1. The van der Waals surface area contributed by atoms with Crippen LogP contribution in [0.25, 0.3) is 0 Å². The van der Waals surface area contributed by atoms with Gasteiger partial charge >= 0.3 is 0 Å². The molecule has 0 aromatic heterocycles. The number of carbonyl (C=O) groups excluding carboxylic acids is 1. The fourth-order valence-electron chi connectivity index (χ4n) is 1.96. The first-order valence-electron chi connectivity index (χ1n) is 7.44. The Balaban J connectivity index is 1.60. The Labute approximate surface area is 136 Å². The summed E-state index contributed by atoms with van der Waals surface area (Å²) in [7, 11) is 1.56. The fraction of sp³-hybridized carbons (Fsp3) is 0.278. The first-order chi connectivity index (χ1) is 11.3. The van der Waals surface area contributed by atoms with E-state index < -0.39 is 0 Å². The molecular formula is C18H21NO4. The molecule has 0 saturated carbocycles. The van der Waals surface area contributed by atoms with Crippen LogP contribution >= 0.6 is 0 Å². The molecule has 23 heavy (non-hydrogen) atoms. The minimum absolute atomic E-state index is 0.0565. The van der Waals surface area contributed by atoms with E-state index in [-0.39, 0.29) is 12.5 Å². The van der Waals surface area contributed by atoms with Gasteiger partial charge in [-0.15, -0.1) is 0 Å². The largest absolute Gasteiger partial charge is 0.493 e. The Morgan fingerprint density at radius 3 is 2.43 bits per heavy atom. The molecule has 5 nitrogen and oxygen atoms in total. The quantitative estimate of drug-likeness (QED) is 0.722. The van der Waals surface area contributed by atoms with Gasteiger partial charge in [0, 0.05) is 6.54 Å². The van der Waals surface area contributed by atoms with Crippen LogP contribution in [-0.2, 0) is 16.1 Å². The van der Waals surface area contributed by atoms with Crippen molar-refractivity contribution in [1.29, 1.82) is 0 Å². The van der Waals surface area contributed by atoms with E-state index in [2.05, 4.69) is 5.32 Å². The van der Waals surface area contributed by atoms with Crippen LogP contribution in [0.3, 0.4) is 0 Å². The standard InChI is InChI=1S/C18H21NO4/c1-21-16-9-5-6-10-17(16)23-14-18(20)19-11-12-22-13-15-7-3-2-4-8-15/h2-10H,11-14H2,1H3,(H,19,20). The van der Waals surface area contributed by atoms with Gasteiger partial charge in [0.2, 0.25) is 0 Å². The molecule has 0 fully saturated rings. The molecule has 2 rings (SSSR count). The third-order valence-electron chi connectivity index (χ3n) is 3.11. The molecule has 0 aliphatic carbocycles. The molecule has 0 spiro atoms. The Morgan fingerprint density at radius 2 is 1.70 bits per heavy atom. The predicted molar refractivity (Wildman–Crippen MR) is 87.6 cm³/mol. The summed E-state index contributed by atoms with van der Waals surface area (Å²) >= 11 is 0. The number of hydrogen-bond acceptors (Lipinski definition) is 4. The van der Waals surface area contributed by atoms with E-state index >= 15 is 0 Å². The monoisotopic (exact) mass is 315 g/mol. The van der Waals surface area contributed by atoms with E-state index in [4.69, 9.17) is 14.2 Å². The molecule has 0 bridgehead atoms. The molecule has 0 radical (unpaired) electrons. The van der Waals surface area contributed by atoms with Crippen LogP contribution in [0.2, 0.25) is 0 Å². The van der Waals surface area contributed by atoms with Crippen molar-refractivity contribution in [3.63, 3.8) is 0 Å². The topological polar surface area (TPSA) is 56.8 Å². The van der Waals surface area contributed by atoms with Crippen molar-refractivity contribution in [2.24, 2.45) is 0 Å². The number of nitrogens with one attached hydrogen (secondary N) is 1. The van der Waals surface area contributed by atoms with Crippen LogP contribution < -0.4 is 14.8 Å². The van der Waals surface area contributed by atoms with E-state index in [0.29, 0.717) is 31.3 Å². The van der Waals surface area contributed by atoms with Crippen molar-refractivity contribution < 1.29 is 19.0 Å². The first-order valence-corrected chi connectivity index (χ1v) is 7.44. The van der Waals surface area contributed by atoms with Crippen LogP contribution in [-0.4, -0.2) is 32.8 Å². The summed E-state index contributed by atoms with van der Waals surface area (Å²) in [4.78, 5) is 11.7. The maximum Gasteiger partial charge on any atom is 0.258 e. The van der Waals surface area contributed by atoms with Gasteiger partial charge in [-0.1, -0.05) is 42.5 Å². The summed E-state index contributed by atoms with van der Waals surface area (Å²) in [6.07, 6.45) is 0. The molecule has 1 N–H and O–H groups in total. The molecule has 0 aliphatic rings. The van der Waals surface area contributed by atoms with Crippen molar-refractivity contribution in [3.8, 4) is 11.5 Å². The van der Waals surface area contributed by atoms with Crippen molar-refractivity contribution >= 4 is 5.91 Å².